The second-order valence-electron chi connectivity index (χ2n) is 9.56. The van der Waals surface area contributed by atoms with Crippen LogP contribution in [0.3, 0.4) is 0 Å². The topological polar surface area (TPSA) is 3.24 Å². The minimum atomic E-state index is -0.797. The Morgan fingerprint density at radius 2 is 1.14 bits per heavy atom. The molecule has 0 aliphatic heterocycles. The minimum Gasteiger partial charge on any atom is -0.310 e. The molecule has 8 rings (SSSR count). The maximum absolute atomic E-state index is 9.70. The molecule has 0 amide bonds. The van der Waals surface area contributed by atoms with Crippen molar-refractivity contribution in [2.24, 2.45) is 0 Å². The smallest absolute Gasteiger partial charge is 0.0651 e. The molecule has 1 heterocycles. The van der Waals surface area contributed by atoms with E-state index in [1.807, 2.05) is 48.5 Å². The molecule has 7 aromatic carbocycles. The van der Waals surface area contributed by atoms with Crippen molar-refractivity contribution >= 4 is 59.3 Å². The highest BCUT2D eigenvalue weighted by Gasteiger charge is 2.16. The van der Waals surface area contributed by atoms with Crippen molar-refractivity contribution in [3.05, 3.63) is 163 Å². The number of anilines is 3. The van der Waals surface area contributed by atoms with Gasteiger partial charge in [0.05, 0.1) is 17.8 Å². The lowest BCUT2D eigenvalue weighted by Gasteiger charge is -2.26. The molecule has 0 spiro atoms. The van der Waals surface area contributed by atoms with Gasteiger partial charge in [-0.15, -0.1) is 11.3 Å². The zero-order chi connectivity index (χ0) is 39.2. The molecule has 0 bridgehead atoms. The summed E-state index contributed by atoms with van der Waals surface area (Å²) in [5, 5.41) is 2.96. The number of nitrogens with zero attached hydrogens (tertiary/aromatic N) is 1. The predicted molar refractivity (Wildman–Crippen MR) is 182 cm³/mol. The monoisotopic (exact) mass is 566 g/mol. The normalized spacial score (nSPS) is 15.7. The van der Waals surface area contributed by atoms with Crippen LogP contribution in [0.1, 0.15) is 17.8 Å². The van der Waals surface area contributed by atoms with E-state index < -0.39 is 95.6 Å². The third-order valence-electron chi connectivity index (χ3n) is 7.11. The second-order valence-corrected chi connectivity index (χ2v) is 10.6. The molecule has 1 nitrogen and oxygen atoms in total. The van der Waals surface area contributed by atoms with Crippen molar-refractivity contribution in [3.8, 4) is 22.3 Å². The first-order valence-electron chi connectivity index (χ1n) is 19.7. The van der Waals surface area contributed by atoms with Crippen molar-refractivity contribution in [1.29, 1.82) is 0 Å². The van der Waals surface area contributed by atoms with Crippen LogP contribution in [0.5, 0.6) is 0 Å². The fourth-order valence-electron chi connectivity index (χ4n) is 5.25. The van der Waals surface area contributed by atoms with Gasteiger partial charge in [0.2, 0.25) is 0 Å². The largest absolute Gasteiger partial charge is 0.310 e. The van der Waals surface area contributed by atoms with Crippen LogP contribution in [-0.2, 0) is 0 Å². The molecule has 0 saturated heterocycles. The molecule has 0 radical (unpaired) electrons. The molecule has 1 aromatic heterocycles. The van der Waals surface area contributed by atoms with Crippen LogP contribution in [0, 0.1) is 0 Å². The van der Waals surface area contributed by atoms with E-state index in [0.717, 1.165) is 25.1 Å². The molecular formula is C40H27NS. The number of para-hydroxylation sites is 1. The average molecular weight is 567 g/mol. The lowest BCUT2D eigenvalue weighted by atomic mass is 9.97. The molecule has 0 saturated carbocycles. The number of thiophene rings is 1. The van der Waals surface area contributed by atoms with Crippen LogP contribution in [0.25, 0.3) is 53.2 Å². The van der Waals surface area contributed by atoms with Crippen LogP contribution in [-0.4, -0.2) is 0 Å². The van der Waals surface area contributed by atoms with Gasteiger partial charge in [-0.2, -0.15) is 0 Å². The number of hydrogen-bond donors (Lipinski definition) is 0. The van der Waals surface area contributed by atoms with Crippen molar-refractivity contribution in [1.82, 2.24) is 0 Å². The zero-order valence-electron chi connectivity index (χ0n) is 34.9. The first kappa shape index (κ1) is 14.6. The van der Waals surface area contributed by atoms with E-state index in [2.05, 4.69) is 0 Å². The van der Waals surface area contributed by atoms with Crippen molar-refractivity contribution < 1.29 is 17.8 Å². The molecule has 42 heavy (non-hydrogen) atoms. The van der Waals surface area contributed by atoms with Gasteiger partial charge in [-0.3, -0.25) is 0 Å². The van der Waals surface area contributed by atoms with E-state index in [0.29, 0.717) is 21.9 Å². The standard InChI is InChI=1S/C40H27NS/c1-2-14-31(15-3-1)41(32-25-23-29(24-26-32)35-19-9-12-28-11-4-5-17-34(28)35)33-16-8-13-30(27-33)36-20-10-22-39-40(36)37-18-6-7-21-38(37)42-39/h1-27H/i1D,2D,3D,8D,13D,14D,15D,16D,23D,24D,25D,26D,27D. The Morgan fingerprint density at radius 3 is 2.02 bits per heavy atom. The second kappa shape index (κ2) is 10.3. The molecule has 0 atom stereocenters. The van der Waals surface area contributed by atoms with Gasteiger partial charge in [0.15, 0.2) is 0 Å². The van der Waals surface area contributed by atoms with Gasteiger partial charge in [0.1, 0.15) is 0 Å². The number of benzene rings is 7. The third kappa shape index (κ3) is 4.25. The summed E-state index contributed by atoms with van der Waals surface area (Å²) in [5.74, 6) is 0. The first-order valence-corrected chi connectivity index (χ1v) is 14.0. The molecule has 2 heteroatoms. The molecular weight excluding hydrogens is 527 g/mol. The third-order valence-corrected chi connectivity index (χ3v) is 8.25. The Kier molecular flexibility index (Phi) is 3.60. The van der Waals surface area contributed by atoms with Gasteiger partial charge in [0, 0.05) is 37.2 Å². The van der Waals surface area contributed by atoms with E-state index in [4.69, 9.17) is 9.60 Å². The maximum Gasteiger partial charge on any atom is 0.0651 e. The van der Waals surface area contributed by atoms with Crippen LogP contribution in [0.15, 0.2) is 163 Å². The quantitative estimate of drug-likeness (QED) is 0.200. The summed E-state index contributed by atoms with van der Waals surface area (Å²) in [6, 6.07) is 16.7. The minimum absolute atomic E-state index is 0.0480. The van der Waals surface area contributed by atoms with E-state index in [9.17, 15) is 8.22 Å². The van der Waals surface area contributed by atoms with Gasteiger partial charge in [-0.1, -0.05) is 115 Å². The van der Waals surface area contributed by atoms with Crippen molar-refractivity contribution in [2.45, 2.75) is 0 Å². The van der Waals surface area contributed by atoms with Gasteiger partial charge in [-0.05, 0) is 81.4 Å². The summed E-state index contributed by atoms with van der Waals surface area (Å²) in [6.07, 6.45) is 0. The molecule has 0 aliphatic carbocycles. The Morgan fingerprint density at radius 1 is 0.476 bits per heavy atom. The summed E-state index contributed by atoms with van der Waals surface area (Å²) in [6.45, 7) is 0. The van der Waals surface area contributed by atoms with Crippen LogP contribution >= 0.6 is 11.3 Å². The molecule has 8 aromatic rings. The molecule has 0 aliphatic rings. The van der Waals surface area contributed by atoms with E-state index in [-0.39, 0.29) is 11.1 Å². The van der Waals surface area contributed by atoms with Crippen LogP contribution in [0.4, 0.5) is 17.1 Å². The lowest BCUT2D eigenvalue weighted by Crippen LogP contribution is -2.09. The Labute approximate surface area is 267 Å². The van der Waals surface area contributed by atoms with Crippen molar-refractivity contribution in [2.75, 3.05) is 4.90 Å². The van der Waals surface area contributed by atoms with E-state index in [1.54, 1.807) is 36.4 Å². The van der Waals surface area contributed by atoms with Crippen molar-refractivity contribution in [3.63, 3.8) is 0 Å². The first-order chi connectivity index (χ1) is 26.3. The summed E-state index contributed by atoms with van der Waals surface area (Å²) < 4.78 is 119. The van der Waals surface area contributed by atoms with Gasteiger partial charge in [0.25, 0.3) is 0 Å². The Hall–Kier alpha value is -5.18. The molecule has 198 valence electrons. The molecule has 0 fully saturated rings. The maximum atomic E-state index is 9.70. The van der Waals surface area contributed by atoms with Crippen LogP contribution < -0.4 is 4.90 Å². The molecule has 0 unspecified atom stereocenters. The number of hydrogen-bond acceptors (Lipinski definition) is 2. The highest BCUT2D eigenvalue weighted by atomic mass is 32.1. The van der Waals surface area contributed by atoms with E-state index in [1.165, 1.54) is 11.3 Å². The summed E-state index contributed by atoms with van der Waals surface area (Å²) >= 11 is 1.49. The van der Waals surface area contributed by atoms with Gasteiger partial charge in [-0.25, -0.2) is 0 Å². The fraction of sp³-hybridized carbons (Fsp3) is 0. The average Bonchev–Trinajstić information content (AvgIpc) is 3.57. The predicted octanol–water partition coefficient (Wildman–Crippen LogP) is 12.0. The fourth-order valence-corrected chi connectivity index (χ4v) is 6.38. The number of fused-ring (bicyclic) bond motifs is 4. The lowest BCUT2D eigenvalue weighted by molar-refractivity contribution is 1.28. The number of rotatable bonds is 5. The summed E-state index contributed by atoms with van der Waals surface area (Å²) in [4.78, 5) is 0.811. The zero-order valence-corrected chi connectivity index (χ0v) is 22.8. The van der Waals surface area contributed by atoms with Gasteiger partial charge < -0.3 is 4.90 Å². The van der Waals surface area contributed by atoms with E-state index >= 15 is 0 Å². The SMILES string of the molecule is [2H]c1c([2H])c([2H])c(N(c2c([2H])c([2H])c(-c3cccc4ccccc34)c([2H])c2[2H])c2c([2H])c([2H])c([2H])c(-c3cccc4sc5ccccc5c34)c2[2H])c([2H])c1[2H]. The Balaban J connectivity index is 1.52. The van der Waals surface area contributed by atoms with Crippen LogP contribution in [0.2, 0.25) is 0 Å². The molecule has 0 N–H and O–H groups in total. The summed E-state index contributed by atoms with van der Waals surface area (Å²) in [7, 11) is 0. The summed E-state index contributed by atoms with van der Waals surface area (Å²) in [5.41, 5.74) is -1.14. The van der Waals surface area contributed by atoms with Gasteiger partial charge >= 0.3 is 0 Å². The Bertz CT molecular complexity index is 2880. The highest BCUT2D eigenvalue weighted by Crippen LogP contribution is 2.42. The highest BCUT2D eigenvalue weighted by molar-refractivity contribution is 7.25.